The number of methoxy groups -OCH3 is 1. The summed E-state index contributed by atoms with van der Waals surface area (Å²) < 4.78 is 47.0. The number of benzene rings is 2. The fourth-order valence-electron chi connectivity index (χ4n) is 8.40. The number of nitrogens with zero attached hydrogens (tertiary/aromatic N) is 7. The maximum absolute atomic E-state index is 13.2. The summed E-state index contributed by atoms with van der Waals surface area (Å²) in [5.41, 5.74) is 1.81. The quantitative estimate of drug-likeness (QED) is 0.183. The van der Waals surface area contributed by atoms with Crippen LogP contribution in [0, 0.1) is 5.92 Å². The van der Waals surface area contributed by atoms with Crippen LogP contribution in [0.3, 0.4) is 0 Å². The highest BCUT2D eigenvalue weighted by Crippen LogP contribution is 2.38. The number of rotatable bonds is 8. The molecule has 55 heavy (non-hydrogen) atoms. The summed E-state index contributed by atoms with van der Waals surface area (Å²) in [7, 11) is 1.47. The lowest BCUT2D eigenvalue weighted by Gasteiger charge is -2.43. The van der Waals surface area contributed by atoms with Crippen LogP contribution in [-0.2, 0) is 11.0 Å². The lowest BCUT2D eigenvalue weighted by molar-refractivity contribution is -0.141. The first-order valence-corrected chi connectivity index (χ1v) is 18.8. The molecule has 2 saturated heterocycles. The lowest BCUT2D eigenvalue weighted by atomic mass is 9.85. The SMILES string of the molecule is COc1cc2nn(C3CCC(CN4CCN(c5cccc6c(N7CCC(=O)NC7)cncc56)[C@@H](C)C4)CC3)cc2cc1NC(=O)c1cccc(C(F)(F)F)n1. The Morgan fingerprint density at radius 2 is 1.82 bits per heavy atom. The third-order valence-corrected chi connectivity index (χ3v) is 11.3. The molecule has 1 saturated carbocycles. The summed E-state index contributed by atoms with van der Waals surface area (Å²) in [5, 5.41) is 13.5. The number of carbonyl (C=O) groups excluding carboxylic acids is 2. The summed E-state index contributed by atoms with van der Waals surface area (Å²) in [4.78, 5) is 40.1. The van der Waals surface area contributed by atoms with Gasteiger partial charge in [0.25, 0.3) is 5.91 Å². The van der Waals surface area contributed by atoms with Crippen LogP contribution in [0.25, 0.3) is 21.7 Å². The predicted octanol–water partition coefficient (Wildman–Crippen LogP) is 6.49. The first-order chi connectivity index (χ1) is 26.5. The van der Waals surface area contributed by atoms with E-state index in [2.05, 4.69) is 60.4 Å². The Kier molecular flexibility index (Phi) is 9.97. The highest BCUT2D eigenvalue weighted by atomic mass is 19.4. The molecule has 1 aliphatic carbocycles. The number of hydrogen-bond donors (Lipinski definition) is 2. The zero-order valence-electron chi connectivity index (χ0n) is 30.9. The van der Waals surface area contributed by atoms with Gasteiger partial charge in [0, 0.05) is 85.5 Å². The molecule has 15 heteroatoms. The topological polar surface area (TPSA) is 121 Å². The number of ether oxygens (including phenoxy) is 1. The number of amides is 2. The van der Waals surface area contributed by atoms with Gasteiger partial charge in [-0.15, -0.1) is 0 Å². The van der Waals surface area contributed by atoms with Gasteiger partial charge in [-0.05, 0) is 62.8 Å². The van der Waals surface area contributed by atoms with Crippen molar-refractivity contribution >= 4 is 50.6 Å². The van der Waals surface area contributed by atoms with Gasteiger partial charge in [-0.1, -0.05) is 18.2 Å². The first kappa shape index (κ1) is 36.5. The second-order valence-electron chi connectivity index (χ2n) is 14.9. The average Bonchev–Trinajstić information content (AvgIpc) is 3.60. The van der Waals surface area contributed by atoms with E-state index in [1.807, 2.05) is 23.3 Å². The van der Waals surface area contributed by atoms with E-state index in [-0.39, 0.29) is 17.6 Å². The molecule has 2 aliphatic heterocycles. The van der Waals surface area contributed by atoms with Gasteiger partial charge < -0.3 is 25.2 Å². The van der Waals surface area contributed by atoms with E-state index in [1.54, 1.807) is 12.1 Å². The fourth-order valence-corrected chi connectivity index (χ4v) is 8.40. The van der Waals surface area contributed by atoms with Crippen LogP contribution >= 0.6 is 0 Å². The van der Waals surface area contributed by atoms with E-state index in [1.165, 1.54) is 18.9 Å². The molecule has 2 amide bonds. The molecule has 0 spiro atoms. The van der Waals surface area contributed by atoms with Crippen LogP contribution in [0.4, 0.5) is 30.2 Å². The van der Waals surface area contributed by atoms with Crippen molar-refractivity contribution in [1.82, 2.24) is 30.0 Å². The van der Waals surface area contributed by atoms with E-state index in [0.29, 0.717) is 48.5 Å². The van der Waals surface area contributed by atoms with Crippen LogP contribution in [0.2, 0.25) is 0 Å². The summed E-state index contributed by atoms with van der Waals surface area (Å²) in [6, 6.07) is 13.7. The second kappa shape index (κ2) is 15.0. The number of halogens is 3. The third kappa shape index (κ3) is 7.62. The average molecular weight is 756 g/mol. The van der Waals surface area contributed by atoms with E-state index >= 15 is 0 Å². The molecule has 288 valence electrons. The molecule has 5 aromatic rings. The lowest BCUT2D eigenvalue weighted by Crippen LogP contribution is -2.53. The standard InChI is InChI=1S/C40H44F3N9O3/c1-25-21-49(15-16-51(25)34-7-3-5-29-30(34)19-44-20-35(29)50-14-13-38(53)45-24-50)22-26-9-11-28(12-10-26)52-23-27-17-33(36(55-2)18-32(27)48-52)47-39(54)31-6-4-8-37(46-31)40(41,42)43/h3-8,17-20,23,25-26,28H,9-16,21-22,24H2,1-2H3,(H,45,53)(H,47,54)/t25-,26?,28?/m0/s1. The van der Waals surface area contributed by atoms with Crippen LogP contribution < -0.4 is 25.2 Å². The number of alkyl halides is 3. The van der Waals surface area contributed by atoms with Crippen molar-refractivity contribution in [3.05, 3.63) is 78.5 Å². The van der Waals surface area contributed by atoms with Crippen LogP contribution in [0.5, 0.6) is 5.75 Å². The summed E-state index contributed by atoms with van der Waals surface area (Å²) in [6.07, 6.45) is 5.85. The largest absolute Gasteiger partial charge is 0.494 e. The van der Waals surface area contributed by atoms with Gasteiger partial charge in [-0.2, -0.15) is 18.3 Å². The van der Waals surface area contributed by atoms with Crippen molar-refractivity contribution in [3.8, 4) is 5.75 Å². The summed E-state index contributed by atoms with van der Waals surface area (Å²) >= 11 is 0. The third-order valence-electron chi connectivity index (χ3n) is 11.3. The van der Waals surface area contributed by atoms with Crippen molar-refractivity contribution in [2.24, 2.45) is 5.92 Å². The first-order valence-electron chi connectivity index (χ1n) is 18.8. The van der Waals surface area contributed by atoms with Crippen molar-refractivity contribution in [2.75, 3.05) is 61.6 Å². The molecule has 0 bridgehead atoms. The number of piperazine rings is 1. The summed E-state index contributed by atoms with van der Waals surface area (Å²) in [5.74, 6) is 0.268. The molecule has 3 aliphatic rings. The molecule has 1 atom stereocenters. The molecule has 0 unspecified atom stereocenters. The van der Waals surface area contributed by atoms with Crippen LogP contribution in [0.1, 0.15) is 61.3 Å². The predicted molar refractivity (Wildman–Crippen MR) is 204 cm³/mol. The molecular weight excluding hydrogens is 711 g/mol. The number of pyridine rings is 2. The van der Waals surface area contributed by atoms with Crippen LogP contribution in [-0.4, -0.2) is 89.0 Å². The normalized spacial score (nSPS) is 21.2. The molecule has 12 nitrogen and oxygen atoms in total. The van der Waals surface area contributed by atoms with Gasteiger partial charge in [-0.3, -0.25) is 24.2 Å². The molecule has 2 aromatic carbocycles. The second-order valence-corrected chi connectivity index (χ2v) is 14.9. The molecule has 8 rings (SSSR count). The number of nitrogens with one attached hydrogen (secondary N) is 2. The molecule has 3 aromatic heterocycles. The zero-order chi connectivity index (χ0) is 38.3. The van der Waals surface area contributed by atoms with Gasteiger partial charge in [0.15, 0.2) is 0 Å². The molecule has 3 fully saturated rings. The van der Waals surface area contributed by atoms with E-state index in [9.17, 15) is 22.8 Å². The van der Waals surface area contributed by atoms with Crippen molar-refractivity contribution in [1.29, 1.82) is 0 Å². The number of carbonyl (C=O) groups is 2. The van der Waals surface area contributed by atoms with Crippen molar-refractivity contribution in [2.45, 2.75) is 57.3 Å². The van der Waals surface area contributed by atoms with Crippen molar-refractivity contribution in [3.63, 3.8) is 0 Å². The maximum Gasteiger partial charge on any atom is 0.433 e. The van der Waals surface area contributed by atoms with Gasteiger partial charge in [0.05, 0.1) is 42.9 Å². The number of anilines is 3. The number of aromatic nitrogens is 4. The summed E-state index contributed by atoms with van der Waals surface area (Å²) in [6.45, 7) is 7.44. The van der Waals surface area contributed by atoms with E-state index < -0.39 is 17.8 Å². The van der Waals surface area contributed by atoms with Crippen LogP contribution in [0.15, 0.2) is 67.1 Å². The zero-order valence-corrected chi connectivity index (χ0v) is 30.9. The molecule has 5 heterocycles. The van der Waals surface area contributed by atoms with Crippen molar-refractivity contribution < 1.29 is 27.5 Å². The number of hydrogen-bond acceptors (Lipinski definition) is 9. The number of fused-ring (bicyclic) bond motifs is 2. The fraction of sp³-hybridized carbons (Fsp3) is 0.425. The minimum atomic E-state index is -4.66. The van der Waals surface area contributed by atoms with Gasteiger partial charge >= 0.3 is 6.18 Å². The van der Waals surface area contributed by atoms with E-state index in [0.717, 1.165) is 85.8 Å². The smallest absolute Gasteiger partial charge is 0.433 e. The maximum atomic E-state index is 13.2. The Balaban J connectivity index is 0.877. The highest BCUT2D eigenvalue weighted by molar-refractivity contribution is 6.05. The Labute approximate surface area is 316 Å². The monoisotopic (exact) mass is 755 g/mol. The molecular formula is C40H44F3N9O3. The molecule has 0 radical (unpaired) electrons. The van der Waals surface area contributed by atoms with E-state index in [4.69, 9.17) is 9.84 Å². The highest BCUT2D eigenvalue weighted by Gasteiger charge is 2.33. The Morgan fingerprint density at radius 1 is 1.00 bits per heavy atom. The minimum absolute atomic E-state index is 0.0835. The van der Waals surface area contributed by atoms with Gasteiger partial charge in [0.2, 0.25) is 5.91 Å². The Morgan fingerprint density at radius 3 is 2.56 bits per heavy atom. The van der Waals surface area contributed by atoms with Gasteiger partial charge in [-0.25, -0.2) is 4.98 Å². The Bertz CT molecular complexity index is 2210. The molecule has 2 N–H and O–H groups in total. The minimum Gasteiger partial charge on any atom is -0.494 e. The van der Waals surface area contributed by atoms with Gasteiger partial charge in [0.1, 0.15) is 17.1 Å². The Hall–Kier alpha value is -5.44.